The summed E-state index contributed by atoms with van der Waals surface area (Å²) in [5.74, 6) is 0.746. The number of nitrogens with zero attached hydrogens (tertiary/aromatic N) is 3. The first-order valence-corrected chi connectivity index (χ1v) is 11.9. The van der Waals surface area contributed by atoms with Crippen LogP contribution in [0.4, 0.5) is 5.69 Å². The summed E-state index contributed by atoms with van der Waals surface area (Å²) in [5.41, 5.74) is 0.493. The molecular formula is C21H20ClN3O7S. The molecule has 0 unspecified atom stereocenters. The van der Waals surface area contributed by atoms with E-state index in [9.17, 15) is 23.3 Å². The van der Waals surface area contributed by atoms with E-state index in [-0.39, 0.29) is 42.7 Å². The standard InChI is InChI=1S/C21H20ClN3O7S/c22-18-13-15(14-19-21(18)32-12-11-31-19)1-6-20(26)23-7-9-24(10-8-23)33(29,30)17-4-2-16(3-5-17)25(27)28/h1-6,13-14H,7-12H2/b6-1+. The number of ether oxygens (including phenoxy) is 2. The molecule has 0 radical (unpaired) electrons. The maximum atomic E-state index is 12.8. The van der Waals surface area contributed by atoms with Crippen LogP contribution in [0.15, 0.2) is 47.4 Å². The van der Waals surface area contributed by atoms with Crippen LogP contribution in [0.5, 0.6) is 11.5 Å². The topological polar surface area (TPSA) is 119 Å². The number of piperazine rings is 1. The van der Waals surface area contributed by atoms with E-state index in [4.69, 9.17) is 21.1 Å². The van der Waals surface area contributed by atoms with Crippen molar-refractivity contribution in [2.24, 2.45) is 0 Å². The quantitative estimate of drug-likeness (QED) is 0.356. The predicted molar refractivity (Wildman–Crippen MR) is 120 cm³/mol. The molecule has 10 nitrogen and oxygen atoms in total. The molecule has 1 fully saturated rings. The zero-order chi connectivity index (χ0) is 23.6. The number of benzene rings is 2. The third-order valence-corrected chi connectivity index (χ3v) is 7.47. The van der Waals surface area contributed by atoms with Crippen LogP contribution < -0.4 is 9.47 Å². The Hall–Kier alpha value is -3.15. The van der Waals surface area contributed by atoms with Crippen LogP contribution in [0.1, 0.15) is 5.56 Å². The molecule has 0 spiro atoms. The molecule has 1 saturated heterocycles. The highest BCUT2D eigenvalue weighted by Gasteiger charge is 2.30. The van der Waals surface area contributed by atoms with Gasteiger partial charge in [0.05, 0.1) is 14.8 Å². The predicted octanol–water partition coefficient (Wildman–Crippen LogP) is 2.57. The Morgan fingerprint density at radius 2 is 1.73 bits per heavy atom. The molecule has 174 valence electrons. The van der Waals surface area contributed by atoms with E-state index in [0.29, 0.717) is 35.3 Å². The van der Waals surface area contributed by atoms with Crippen molar-refractivity contribution in [2.45, 2.75) is 4.90 Å². The molecule has 2 aliphatic heterocycles. The molecule has 0 atom stereocenters. The van der Waals surface area contributed by atoms with Crippen molar-refractivity contribution in [1.82, 2.24) is 9.21 Å². The van der Waals surface area contributed by atoms with Crippen LogP contribution in [0.2, 0.25) is 5.02 Å². The molecule has 0 aromatic heterocycles. The number of rotatable bonds is 5. The molecule has 2 aromatic carbocycles. The lowest BCUT2D eigenvalue weighted by Crippen LogP contribution is -2.50. The number of fused-ring (bicyclic) bond motifs is 1. The molecule has 2 heterocycles. The van der Waals surface area contributed by atoms with Gasteiger partial charge in [-0.2, -0.15) is 4.31 Å². The number of halogens is 1. The number of amides is 1. The zero-order valence-electron chi connectivity index (χ0n) is 17.3. The highest BCUT2D eigenvalue weighted by molar-refractivity contribution is 7.89. The molecular weight excluding hydrogens is 474 g/mol. The van der Waals surface area contributed by atoms with Crippen LogP contribution in [-0.4, -0.2) is 67.8 Å². The van der Waals surface area contributed by atoms with E-state index >= 15 is 0 Å². The van der Waals surface area contributed by atoms with Crippen molar-refractivity contribution in [3.8, 4) is 11.5 Å². The number of carbonyl (C=O) groups excluding carboxylic acids is 1. The van der Waals surface area contributed by atoms with Crippen molar-refractivity contribution in [1.29, 1.82) is 0 Å². The van der Waals surface area contributed by atoms with Gasteiger partial charge in [-0.1, -0.05) is 11.6 Å². The van der Waals surface area contributed by atoms with E-state index < -0.39 is 14.9 Å². The van der Waals surface area contributed by atoms with Crippen molar-refractivity contribution < 1.29 is 27.6 Å². The van der Waals surface area contributed by atoms with Gasteiger partial charge in [-0.15, -0.1) is 0 Å². The Morgan fingerprint density at radius 1 is 1.06 bits per heavy atom. The number of carbonyl (C=O) groups is 1. The van der Waals surface area contributed by atoms with Crippen LogP contribution in [-0.2, 0) is 14.8 Å². The number of non-ortho nitro benzene ring substituents is 1. The van der Waals surface area contributed by atoms with Gasteiger partial charge in [0.1, 0.15) is 13.2 Å². The molecule has 1 amide bonds. The van der Waals surface area contributed by atoms with Crippen LogP contribution >= 0.6 is 11.6 Å². The third kappa shape index (κ3) is 4.95. The van der Waals surface area contributed by atoms with Crippen molar-refractivity contribution in [3.63, 3.8) is 0 Å². The summed E-state index contributed by atoms with van der Waals surface area (Å²) in [6, 6.07) is 8.15. The fraction of sp³-hybridized carbons (Fsp3) is 0.286. The second kappa shape index (κ2) is 9.38. The lowest BCUT2D eigenvalue weighted by Gasteiger charge is -2.33. The molecule has 2 aromatic rings. The van der Waals surface area contributed by atoms with Gasteiger partial charge in [-0.05, 0) is 35.9 Å². The summed E-state index contributed by atoms with van der Waals surface area (Å²) in [7, 11) is -3.81. The minimum absolute atomic E-state index is 0.0248. The van der Waals surface area contributed by atoms with Gasteiger partial charge < -0.3 is 14.4 Å². The van der Waals surface area contributed by atoms with E-state index in [0.717, 1.165) is 12.1 Å². The van der Waals surface area contributed by atoms with Gasteiger partial charge in [-0.25, -0.2) is 8.42 Å². The number of nitro benzene ring substituents is 1. The number of hydrogen-bond acceptors (Lipinski definition) is 7. The highest BCUT2D eigenvalue weighted by atomic mass is 35.5. The lowest BCUT2D eigenvalue weighted by atomic mass is 10.1. The molecule has 0 aliphatic carbocycles. The Labute approximate surface area is 195 Å². The van der Waals surface area contributed by atoms with Gasteiger partial charge >= 0.3 is 0 Å². The summed E-state index contributed by atoms with van der Waals surface area (Å²) >= 11 is 6.21. The normalized spacial score (nSPS) is 16.7. The van der Waals surface area contributed by atoms with E-state index in [1.165, 1.54) is 22.5 Å². The molecule has 4 rings (SSSR count). The van der Waals surface area contributed by atoms with Gasteiger partial charge in [-0.3, -0.25) is 14.9 Å². The summed E-state index contributed by atoms with van der Waals surface area (Å²) in [6.07, 6.45) is 3.02. The van der Waals surface area contributed by atoms with Crippen molar-refractivity contribution >= 4 is 39.3 Å². The zero-order valence-corrected chi connectivity index (χ0v) is 18.9. The molecule has 0 N–H and O–H groups in total. The average Bonchev–Trinajstić information content (AvgIpc) is 2.82. The van der Waals surface area contributed by atoms with E-state index in [2.05, 4.69) is 0 Å². The van der Waals surface area contributed by atoms with Crippen LogP contribution in [0.25, 0.3) is 6.08 Å². The number of nitro groups is 1. The Bertz CT molecular complexity index is 1210. The number of sulfonamides is 1. The SMILES string of the molecule is O=C(/C=C/c1cc(Cl)c2c(c1)OCCO2)N1CCN(S(=O)(=O)c2ccc([N+](=O)[O-])cc2)CC1. The second-order valence-electron chi connectivity index (χ2n) is 7.34. The van der Waals surface area contributed by atoms with E-state index in [1.54, 1.807) is 23.1 Å². The minimum Gasteiger partial charge on any atom is -0.486 e. The van der Waals surface area contributed by atoms with Gasteiger partial charge in [0.25, 0.3) is 5.69 Å². The van der Waals surface area contributed by atoms with Crippen molar-refractivity contribution in [2.75, 3.05) is 39.4 Å². The Balaban J connectivity index is 1.38. The molecule has 12 heteroatoms. The first-order valence-electron chi connectivity index (χ1n) is 10.1. The molecule has 0 saturated carbocycles. The maximum Gasteiger partial charge on any atom is 0.269 e. The highest BCUT2D eigenvalue weighted by Crippen LogP contribution is 2.38. The van der Waals surface area contributed by atoms with Gasteiger partial charge in [0.15, 0.2) is 11.5 Å². The lowest BCUT2D eigenvalue weighted by molar-refractivity contribution is -0.384. The second-order valence-corrected chi connectivity index (χ2v) is 9.69. The first kappa shape index (κ1) is 23.0. The summed E-state index contributed by atoms with van der Waals surface area (Å²) in [5, 5.41) is 11.2. The molecule has 2 aliphatic rings. The van der Waals surface area contributed by atoms with Gasteiger partial charge in [0, 0.05) is 44.4 Å². The van der Waals surface area contributed by atoms with Crippen LogP contribution in [0, 0.1) is 10.1 Å². The summed E-state index contributed by atoms with van der Waals surface area (Å²) in [4.78, 5) is 24.3. The summed E-state index contributed by atoms with van der Waals surface area (Å²) in [6.45, 7) is 1.52. The number of hydrogen-bond donors (Lipinski definition) is 0. The van der Waals surface area contributed by atoms with Crippen LogP contribution in [0.3, 0.4) is 0 Å². The molecule has 33 heavy (non-hydrogen) atoms. The summed E-state index contributed by atoms with van der Waals surface area (Å²) < 4.78 is 37.9. The Morgan fingerprint density at radius 3 is 2.39 bits per heavy atom. The monoisotopic (exact) mass is 493 g/mol. The Kier molecular flexibility index (Phi) is 6.54. The third-order valence-electron chi connectivity index (χ3n) is 5.27. The fourth-order valence-corrected chi connectivity index (χ4v) is 5.23. The van der Waals surface area contributed by atoms with Gasteiger partial charge in [0.2, 0.25) is 15.9 Å². The largest absolute Gasteiger partial charge is 0.486 e. The maximum absolute atomic E-state index is 12.8. The minimum atomic E-state index is -3.81. The first-order chi connectivity index (χ1) is 15.8. The van der Waals surface area contributed by atoms with Crippen molar-refractivity contribution in [3.05, 3.63) is 63.2 Å². The molecule has 0 bridgehead atoms. The van der Waals surface area contributed by atoms with E-state index in [1.807, 2.05) is 0 Å². The fourth-order valence-electron chi connectivity index (χ4n) is 3.54. The smallest absolute Gasteiger partial charge is 0.269 e. The average molecular weight is 494 g/mol.